The van der Waals surface area contributed by atoms with Crippen molar-refractivity contribution in [3.8, 4) is 11.5 Å². The Labute approximate surface area is 160 Å². The zero-order valence-corrected chi connectivity index (χ0v) is 15.5. The first-order chi connectivity index (χ1) is 13.4. The van der Waals surface area contributed by atoms with Crippen molar-refractivity contribution in [3.63, 3.8) is 0 Å². The fourth-order valence-electron chi connectivity index (χ4n) is 2.91. The van der Waals surface area contributed by atoms with Gasteiger partial charge in [-0.1, -0.05) is 6.07 Å². The average molecular weight is 384 g/mol. The van der Waals surface area contributed by atoms with E-state index >= 15 is 0 Å². The number of hydrogen-bond donors (Lipinski definition) is 2. The number of carboxylic acid groups (broad SMARTS) is 1. The molecule has 1 aromatic heterocycles. The van der Waals surface area contributed by atoms with Crippen molar-refractivity contribution in [2.24, 2.45) is 0 Å². The molecule has 3 aromatic rings. The quantitative estimate of drug-likeness (QED) is 0.646. The Morgan fingerprint density at radius 3 is 2.43 bits per heavy atom. The lowest BCUT2D eigenvalue weighted by Crippen LogP contribution is -2.35. The molecular formula is C20H20N2O6. The number of nitrogens with zero attached hydrogens (tertiary/aromatic N) is 1. The van der Waals surface area contributed by atoms with Crippen molar-refractivity contribution in [1.82, 2.24) is 9.55 Å². The van der Waals surface area contributed by atoms with E-state index in [9.17, 15) is 14.4 Å². The number of fused-ring (bicyclic) bond motifs is 1. The summed E-state index contributed by atoms with van der Waals surface area (Å²) >= 11 is 0. The van der Waals surface area contributed by atoms with Gasteiger partial charge in [0.2, 0.25) is 0 Å². The Morgan fingerprint density at radius 2 is 1.75 bits per heavy atom. The third-order valence-corrected chi connectivity index (χ3v) is 4.18. The molecule has 1 heterocycles. The van der Waals surface area contributed by atoms with Crippen LogP contribution in [-0.4, -0.2) is 33.8 Å². The van der Waals surface area contributed by atoms with E-state index in [4.69, 9.17) is 14.6 Å². The van der Waals surface area contributed by atoms with Gasteiger partial charge in [0.1, 0.15) is 0 Å². The zero-order chi connectivity index (χ0) is 20.3. The van der Waals surface area contributed by atoms with Crippen LogP contribution < -0.4 is 20.7 Å². The number of aromatic amines is 1. The van der Waals surface area contributed by atoms with Gasteiger partial charge in [0.15, 0.2) is 11.5 Å². The van der Waals surface area contributed by atoms with Gasteiger partial charge in [-0.15, -0.1) is 0 Å². The van der Waals surface area contributed by atoms with E-state index in [-0.39, 0.29) is 23.0 Å². The van der Waals surface area contributed by atoms with Gasteiger partial charge in [0.05, 0.1) is 36.2 Å². The molecule has 2 aromatic carbocycles. The molecule has 0 aliphatic rings. The minimum atomic E-state index is -1.13. The van der Waals surface area contributed by atoms with Gasteiger partial charge in [-0.2, -0.15) is 0 Å². The summed E-state index contributed by atoms with van der Waals surface area (Å²) in [6.07, 6.45) is 0. The fraction of sp³-hybridized carbons (Fsp3) is 0.250. The number of nitrogens with one attached hydrogen (secondary N) is 1. The first-order valence-electron chi connectivity index (χ1n) is 8.83. The van der Waals surface area contributed by atoms with E-state index in [2.05, 4.69) is 4.98 Å². The second-order valence-electron chi connectivity index (χ2n) is 6.03. The number of benzene rings is 2. The van der Waals surface area contributed by atoms with E-state index in [1.807, 2.05) is 13.8 Å². The molecule has 0 aliphatic heterocycles. The maximum absolute atomic E-state index is 12.8. The molecule has 8 heteroatoms. The molecule has 8 nitrogen and oxygen atoms in total. The van der Waals surface area contributed by atoms with Gasteiger partial charge in [-0.3, -0.25) is 9.36 Å². The molecule has 0 unspecified atom stereocenters. The van der Waals surface area contributed by atoms with Crippen LogP contribution in [0.15, 0.2) is 46.0 Å². The first kappa shape index (κ1) is 19.2. The summed E-state index contributed by atoms with van der Waals surface area (Å²) in [5, 5.41) is 9.30. The van der Waals surface area contributed by atoms with Crippen molar-refractivity contribution in [3.05, 3.63) is 68.4 Å². The number of H-pyrrole nitrogens is 1. The maximum Gasteiger partial charge on any atom is 0.335 e. The molecule has 2 N–H and O–H groups in total. The lowest BCUT2D eigenvalue weighted by molar-refractivity contribution is 0.0697. The Morgan fingerprint density at radius 1 is 1.04 bits per heavy atom. The standard InChI is InChI=1S/C20H20N2O6/c1-3-27-16-8-5-12(9-17(16)28-4-2)11-22-18(23)14-7-6-13(19(24)25)10-15(14)21-20(22)26/h5-10H,3-4,11H2,1-2H3,(H,21,26)(H,24,25). The second kappa shape index (κ2) is 7.99. The molecule has 28 heavy (non-hydrogen) atoms. The second-order valence-corrected chi connectivity index (χ2v) is 6.03. The van der Waals surface area contributed by atoms with E-state index in [1.54, 1.807) is 18.2 Å². The molecule has 0 bridgehead atoms. The Bertz CT molecular complexity index is 1150. The Hall–Kier alpha value is -3.55. The fourth-order valence-corrected chi connectivity index (χ4v) is 2.91. The highest BCUT2D eigenvalue weighted by molar-refractivity contribution is 5.92. The third-order valence-electron chi connectivity index (χ3n) is 4.18. The lowest BCUT2D eigenvalue weighted by Gasteiger charge is -2.13. The maximum atomic E-state index is 12.8. The largest absolute Gasteiger partial charge is 0.490 e. The molecule has 146 valence electrons. The number of carboxylic acids is 1. The molecular weight excluding hydrogens is 364 g/mol. The zero-order valence-electron chi connectivity index (χ0n) is 15.5. The molecule has 0 fully saturated rings. The van der Waals surface area contributed by atoms with Crippen molar-refractivity contribution in [2.45, 2.75) is 20.4 Å². The van der Waals surface area contributed by atoms with Crippen LogP contribution >= 0.6 is 0 Å². The van der Waals surface area contributed by atoms with E-state index in [0.29, 0.717) is 30.3 Å². The van der Waals surface area contributed by atoms with E-state index in [0.717, 1.165) is 4.57 Å². The molecule has 0 amide bonds. The van der Waals surface area contributed by atoms with Crippen LogP contribution in [0.25, 0.3) is 10.9 Å². The molecule has 0 saturated carbocycles. The Kier molecular flexibility index (Phi) is 5.49. The number of aromatic nitrogens is 2. The molecule has 0 atom stereocenters. The summed E-state index contributed by atoms with van der Waals surface area (Å²) in [4.78, 5) is 38.8. The normalized spacial score (nSPS) is 10.8. The molecule has 0 radical (unpaired) electrons. The number of ether oxygens (including phenoxy) is 2. The van der Waals surface area contributed by atoms with Crippen molar-refractivity contribution >= 4 is 16.9 Å². The summed E-state index contributed by atoms with van der Waals surface area (Å²) in [5.74, 6) is -0.00273. The summed E-state index contributed by atoms with van der Waals surface area (Å²) in [7, 11) is 0. The highest BCUT2D eigenvalue weighted by Crippen LogP contribution is 2.28. The average Bonchev–Trinajstić information content (AvgIpc) is 2.67. The topological polar surface area (TPSA) is 111 Å². The SMILES string of the molecule is CCOc1ccc(Cn2c(=O)[nH]c3cc(C(=O)O)ccc3c2=O)cc1OCC. The smallest absolute Gasteiger partial charge is 0.335 e. The molecule has 0 saturated heterocycles. The molecule has 0 aliphatic carbocycles. The predicted molar refractivity (Wildman–Crippen MR) is 104 cm³/mol. The van der Waals surface area contributed by atoms with Gasteiger partial charge in [0.25, 0.3) is 5.56 Å². The summed E-state index contributed by atoms with van der Waals surface area (Å²) in [6.45, 7) is 4.70. The predicted octanol–water partition coefficient (Wildman–Crippen LogP) is 2.23. The van der Waals surface area contributed by atoms with Gasteiger partial charge >= 0.3 is 11.7 Å². The number of rotatable bonds is 7. The van der Waals surface area contributed by atoms with E-state index in [1.165, 1.54) is 18.2 Å². The van der Waals surface area contributed by atoms with Crippen LogP contribution in [0.1, 0.15) is 29.8 Å². The number of aromatic carboxylic acids is 1. The van der Waals surface area contributed by atoms with E-state index < -0.39 is 17.2 Å². The van der Waals surface area contributed by atoms with Crippen molar-refractivity contribution in [2.75, 3.05) is 13.2 Å². The van der Waals surface area contributed by atoms with Crippen LogP contribution in [0.3, 0.4) is 0 Å². The first-order valence-corrected chi connectivity index (χ1v) is 8.83. The third kappa shape index (κ3) is 3.75. The van der Waals surface area contributed by atoms with Gasteiger partial charge < -0.3 is 19.6 Å². The highest BCUT2D eigenvalue weighted by atomic mass is 16.5. The van der Waals surface area contributed by atoms with Crippen LogP contribution in [0, 0.1) is 0 Å². The molecule has 3 rings (SSSR count). The summed E-state index contributed by atoms with van der Waals surface area (Å²) in [6, 6.07) is 9.24. The lowest BCUT2D eigenvalue weighted by atomic mass is 10.1. The minimum absolute atomic E-state index is 0.00632. The monoisotopic (exact) mass is 384 g/mol. The van der Waals surface area contributed by atoms with Gasteiger partial charge in [0, 0.05) is 0 Å². The number of hydrogen-bond acceptors (Lipinski definition) is 5. The van der Waals surface area contributed by atoms with Crippen molar-refractivity contribution < 1.29 is 19.4 Å². The van der Waals surface area contributed by atoms with Gasteiger partial charge in [-0.05, 0) is 49.7 Å². The summed E-state index contributed by atoms with van der Waals surface area (Å²) < 4.78 is 12.2. The number of carbonyl (C=O) groups is 1. The van der Waals surface area contributed by atoms with Crippen LogP contribution in [-0.2, 0) is 6.54 Å². The summed E-state index contributed by atoms with van der Waals surface area (Å²) in [5.41, 5.74) is -0.239. The minimum Gasteiger partial charge on any atom is -0.490 e. The molecule has 0 spiro atoms. The highest BCUT2D eigenvalue weighted by Gasteiger charge is 2.12. The van der Waals surface area contributed by atoms with Crippen LogP contribution in [0.5, 0.6) is 11.5 Å². The Balaban J connectivity index is 2.04. The van der Waals surface area contributed by atoms with Gasteiger partial charge in [-0.25, -0.2) is 9.59 Å². The van der Waals surface area contributed by atoms with Crippen LogP contribution in [0.2, 0.25) is 0 Å². The van der Waals surface area contributed by atoms with Crippen molar-refractivity contribution in [1.29, 1.82) is 0 Å². The van der Waals surface area contributed by atoms with Crippen LogP contribution in [0.4, 0.5) is 0 Å².